The normalized spacial score (nSPS) is 27.9. The summed E-state index contributed by atoms with van der Waals surface area (Å²) in [7, 11) is 0. The van der Waals surface area contributed by atoms with Gasteiger partial charge in [-0.3, -0.25) is 9.36 Å². The summed E-state index contributed by atoms with van der Waals surface area (Å²) in [6, 6.07) is 9.36. The monoisotopic (exact) mass is 614 g/mol. The molecule has 4 nitrogen and oxygen atoms in total. The van der Waals surface area contributed by atoms with Crippen molar-refractivity contribution in [2.45, 2.75) is 145 Å². The lowest BCUT2D eigenvalue weighted by Crippen LogP contribution is -2.34. The Morgan fingerprint density at radius 1 is 0.565 bits per heavy atom. The molecular weight excluding hydrogens is 560 g/mol. The van der Waals surface area contributed by atoms with Crippen LogP contribution < -0.4 is 0 Å². The summed E-state index contributed by atoms with van der Waals surface area (Å²) >= 11 is 0. The summed E-state index contributed by atoms with van der Waals surface area (Å²) in [6.07, 6.45) is 4.96. The molecule has 242 valence electrons. The van der Waals surface area contributed by atoms with Crippen LogP contribution in [0.15, 0.2) is 24.3 Å². The molecule has 4 aliphatic rings. The Morgan fingerprint density at radius 3 is 1.22 bits per heavy atom. The van der Waals surface area contributed by atoms with Crippen molar-refractivity contribution in [3.8, 4) is 11.4 Å². The van der Waals surface area contributed by atoms with Gasteiger partial charge in [-0.1, -0.05) is 76.9 Å². The molecule has 2 saturated carbocycles. The number of hydrogen-bond acceptors (Lipinski definition) is 2. The second-order valence-electron chi connectivity index (χ2n) is 17.6. The zero-order chi connectivity index (χ0) is 32.9. The zero-order valence-electron chi connectivity index (χ0n) is 30.5. The van der Waals surface area contributed by atoms with Gasteiger partial charge in [0, 0.05) is 33.3 Å². The average Bonchev–Trinajstić information content (AvgIpc) is 3.70. The van der Waals surface area contributed by atoms with Gasteiger partial charge >= 0.3 is 0 Å². The predicted molar refractivity (Wildman–Crippen MR) is 189 cm³/mol. The Balaban J connectivity index is 1.37. The summed E-state index contributed by atoms with van der Waals surface area (Å²) in [5.74, 6) is 1.03. The van der Waals surface area contributed by atoms with E-state index in [2.05, 4.69) is 117 Å². The molecule has 2 fully saturated rings. The van der Waals surface area contributed by atoms with Crippen LogP contribution in [-0.4, -0.2) is 19.6 Å². The van der Waals surface area contributed by atoms with E-state index in [4.69, 9.17) is 10.2 Å². The van der Waals surface area contributed by atoms with E-state index < -0.39 is 0 Å². The molecule has 0 spiro atoms. The van der Waals surface area contributed by atoms with Crippen LogP contribution in [-0.2, 0) is 23.9 Å². The highest BCUT2D eigenvalue weighted by Crippen LogP contribution is 2.72. The number of fused-ring (bicyclic) bond motifs is 10. The maximum Gasteiger partial charge on any atom is 0.117 e. The number of benzene rings is 2. The maximum absolute atomic E-state index is 5.69. The van der Waals surface area contributed by atoms with Crippen LogP contribution in [0.3, 0.4) is 0 Å². The van der Waals surface area contributed by atoms with E-state index >= 15 is 0 Å². The van der Waals surface area contributed by atoms with E-state index in [-0.39, 0.29) is 21.7 Å². The van der Waals surface area contributed by atoms with E-state index in [1.807, 2.05) is 0 Å². The van der Waals surface area contributed by atoms with E-state index in [0.717, 1.165) is 13.1 Å². The van der Waals surface area contributed by atoms with Gasteiger partial charge in [-0.05, 0) is 123 Å². The first kappa shape index (κ1) is 30.2. The van der Waals surface area contributed by atoms with Crippen LogP contribution in [0.5, 0.6) is 0 Å². The third kappa shape index (κ3) is 3.57. The number of nitrogens with zero attached hydrogens (tertiary/aromatic N) is 4. The van der Waals surface area contributed by atoms with Crippen LogP contribution in [0.2, 0.25) is 0 Å². The van der Waals surface area contributed by atoms with Crippen molar-refractivity contribution >= 4 is 0 Å². The lowest BCUT2D eigenvalue weighted by atomic mass is 9.70. The summed E-state index contributed by atoms with van der Waals surface area (Å²) in [5, 5.41) is 11.4. The highest BCUT2D eigenvalue weighted by Gasteiger charge is 2.65. The minimum Gasteiger partial charge on any atom is -0.264 e. The number of hydrogen-bond donors (Lipinski definition) is 0. The van der Waals surface area contributed by atoms with Gasteiger partial charge in [-0.2, -0.15) is 10.2 Å². The Kier molecular flexibility index (Phi) is 6.08. The van der Waals surface area contributed by atoms with Crippen molar-refractivity contribution in [1.29, 1.82) is 0 Å². The van der Waals surface area contributed by atoms with E-state index in [0.29, 0.717) is 11.8 Å². The van der Waals surface area contributed by atoms with Gasteiger partial charge in [0.25, 0.3) is 0 Å². The molecular formula is C42H54N4. The summed E-state index contributed by atoms with van der Waals surface area (Å²) in [4.78, 5) is 0. The molecule has 0 N–H and O–H groups in total. The Bertz CT molecular complexity index is 1780. The second kappa shape index (κ2) is 9.26. The fourth-order valence-electron chi connectivity index (χ4n) is 11.4. The first-order valence-corrected chi connectivity index (χ1v) is 17.9. The predicted octanol–water partition coefficient (Wildman–Crippen LogP) is 10.0. The van der Waals surface area contributed by atoms with E-state index in [1.54, 1.807) is 0 Å². The molecule has 0 amide bonds. The lowest BCUT2D eigenvalue weighted by molar-refractivity contribution is 0.218. The molecule has 4 bridgehead atoms. The van der Waals surface area contributed by atoms with Crippen LogP contribution in [0.1, 0.15) is 146 Å². The molecule has 4 unspecified atom stereocenters. The first-order chi connectivity index (χ1) is 21.5. The number of aromatic nitrogens is 4. The van der Waals surface area contributed by atoms with Gasteiger partial charge in [0.15, 0.2) is 0 Å². The highest BCUT2D eigenvalue weighted by atomic mass is 15.3. The van der Waals surface area contributed by atoms with Gasteiger partial charge < -0.3 is 0 Å². The van der Waals surface area contributed by atoms with Gasteiger partial charge in [-0.25, -0.2) is 0 Å². The molecule has 4 atom stereocenters. The Hall–Kier alpha value is -3.14. The van der Waals surface area contributed by atoms with E-state index in [1.165, 1.54) is 104 Å². The molecule has 4 heteroatoms. The quantitative estimate of drug-likeness (QED) is 0.224. The molecule has 4 aromatic rings. The Morgan fingerprint density at radius 2 is 0.891 bits per heavy atom. The van der Waals surface area contributed by atoms with Gasteiger partial charge in [0.1, 0.15) is 11.4 Å². The minimum atomic E-state index is 0.108. The summed E-state index contributed by atoms with van der Waals surface area (Å²) < 4.78 is 4.88. The van der Waals surface area contributed by atoms with Gasteiger partial charge in [-0.15, -0.1) is 0 Å². The lowest BCUT2D eigenvalue weighted by Gasteiger charge is -2.36. The molecule has 0 aliphatic heterocycles. The molecule has 2 aromatic heterocycles. The topological polar surface area (TPSA) is 35.6 Å². The van der Waals surface area contributed by atoms with Gasteiger partial charge in [0.05, 0.1) is 13.1 Å². The van der Waals surface area contributed by atoms with Crippen LogP contribution in [0, 0.1) is 52.4 Å². The molecule has 4 aliphatic carbocycles. The van der Waals surface area contributed by atoms with Crippen LogP contribution in [0.4, 0.5) is 0 Å². The first-order valence-electron chi connectivity index (χ1n) is 17.9. The number of rotatable bonds is 5. The van der Waals surface area contributed by atoms with Crippen molar-refractivity contribution in [1.82, 2.24) is 19.6 Å². The highest BCUT2D eigenvalue weighted by molar-refractivity contribution is 5.73. The third-order valence-corrected chi connectivity index (χ3v) is 14.7. The number of aryl methyl sites for hydroxylation is 6. The van der Waals surface area contributed by atoms with Crippen molar-refractivity contribution < 1.29 is 0 Å². The SMILES string of the molecule is Cc1cc(C)c(Cn2nc(-c3nn(Cc4c(C)cc(C)cc4C)c4c3C3CCC4(C)C3(C)C)c3c2C2(C)CCC3C2(C)C)c(C)c1. The smallest absolute Gasteiger partial charge is 0.117 e. The molecule has 2 heterocycles. The van der Waals surface area contributed by atoms with Crippen molar-refractivity contribution in [2.75, 3.05) is 0 Å². The second-order valence-corrected chi connectivity index (χ2v) is 17.6. The standard InChI is InChI=1S/C42H54N4/c1-23-17-25(3)29(26(4)18-23)21-45-37-33(31-13-15-41(37,11)39(31,7)8)35(43-45)36-34-32-14-16-42(12,40(32,9)10)38(34)46(44-36)22-30-27(5)19-24(2)20-28(30)6/h17-20,31-32H,13-16,21-22H2,1-12H3. The Labute approximate surface area is 277 Å². The summed E-state index contributed by atoms with van der Waals surface area (Å²) in [5.41, 5.74) is 20.0. The molecule has 0 radical (unpaired) electrons. The molecule has 0 saturated heterocycles. The largest absolute Gasteiger partial charge is 0.264 e. The van der Waals surface area contributed by atoms with Crippen LogP contribution >= 0.6 is 0 Å². The van der Waals surface area contributed by atoms with Crippen molar-refractivity contribution in [2.24, 2.45) is 10.8 Å². The van der Waals surface area contributed by atoms with Crippen molar-refractivity contribution in [3.63, 3.8) is 0 Å². The molecule has 8 rings (SSSR count). The van der Waals surface area contributed by atoms with E-state index in [9.17, 15) is 0 Å². The fourth-order valence-corrected chi connectivity index (χ4v) is 11.4. The maximum atomic E-state index is 5.69. The van der Waals surface area contributed by atoms with Gasteiger partial charge in [0.2, 0.25) is 0 Å². The molecule has 2 aromatic carbocycles. The molecule has 46 heavy (non-hydrogen) atoms. The average molecular weight is 615 g/mol. The minimum absolute atomic E-state index is 0.108. The van der Waals surface area contributed by atoms with Crippen molar-refractivity contribution in [3.05, 3.63) is 91.3 Å². The summed E-state index contributed by atoms with van der Waals surface area (Å²) in [6.45, 7) is 30.4. The zero-order valence-corrected chi connectivity index (χ0v) is 30.5. The fraction of sp³-hybridized carbons (Fsp3) is 0.571. The van der Waals surface area contributed by atoms with Crippen LogP contribution in [0.25, 0.3) is 11.4 Å². The third-order valence-electron chi connectivity index (χ3n) is 14.7.